The average molecular weight is 342 g/mol. The molecule has 0 atom stereocenters. The molecule has 2 heterocycles. The number of fused-ring (bicyclic) bond motifs is 1. The van der Waals surface area contributed by atoms with E-state index in [1.54, 1.807) is 19.1 Å². The van der Waals surface area contributed by atoms with E-state index in [0.717, 1.165) is 0 Å². The third-order valence-electron chi connectivity index (χ3n) is 2.77. The highest BCUT2D eigenvalue weighted by Crippen LogP contribution is 2.39. The molecule has 7 nitrogen and oxygen atoms in total. The lowest BCUT2D eigenvalue weighted by molar-refractivity contribution is -0.113. The Hall–Kier alpha value is -1.93. The fraction of sp³-hybridized carbons (Fsp3) is 0.308. The number of aryl methyl sites for hydroxylation is 1. The molecule has 22 heavy (non-hydrogen) atoms. The molecule has 2 aromatic rings. The van der Waals surface area contributed by atoms with E-state index in [1.165, 1.54) is 11.8 Å². The molecular weight excluding hydrogens is 330 g/mol. The Bertz CT molecular complexity index is 707. The molecular formula is C13H12ClN3O4S. The first-order valence-electron chi connectivity index (χ1n) is 6.38. The molecule has 1 aromatic heterocycles. The van der Waals surface area contributed by atoms with E-state index in [4.69, 9.17) is 25.6 Å². The Labute approximate surface area is 135 Å². The van der Waals surface area contributed by atoms with Crippen molar-refractivity contribution in [1.82, 2.24) is 10.1 Å². The van der Waals surface area contributed by atoms with Crippen LogP contribution < -0.4 is 14.8 Å². The summed E-state index contributed by atoms with van der Waals surface area (Å²) >= 11 is 7.48. The largest absolute Gasteiger partial charge is 0.454 e. The highest BCUT2D eigenvalue weighted by molar-refractivity contribution is 7.99. The van der Waals surface area contributed by atoms with Gasteiger partial charge in [-0.3, -0.25) is 4.79 Å². The van der Waals surface area contributed by atoms with Crippen molar-refractivity contribution in [3.63, 3.8) is 0 Å². The molecule has 0 unspecified atom stereocenters. The molecule has 0 fully saturated rings. The number of carbonyl (C=O) groups excluding carboxylic acids is 1. The van der Waals surface area contributed by atoms with E-state index in [2.05, 4.69) is 15.5 Å². The van der Waals surface area contributed by atoms with E-state index in [9.17, 15) is 4.79 Å². The van der Waals surface area contributed by atoms with Crippen LogP contribution in [0.3, 0.4) is 0 Å². The van der Waals surface area contributed by atoms with Gasteiger partial charge in [0.2, 0.25) is 18.6 Å². The standard InChI is InChI=1S/C13H12ClN3O4S/c1-7-15-12(17-21-7)4-22-5-13(18)16-9-3-11-10(2-8(9)14)19-6-20-11/h2-3H,4-6H2,1H3,(H,16,18). The zero-order chi connectivity index (χ0) is 15.5. The van der Waals surface area contributed by atoms with Crippen molar-refractivity contribution in [1.29, 1.82) is 0 Å². The van der Waals surface area contributed by atoms with Crippen LogP contribution in [-0.2, 0) is 10.5 Å². The van der Waals surface area contributed by atoms with E-state index in [0.29, 0.717) is 39.7 Å². The van der Waals surface area contributed by atoms with Crippen LogP contribution in [0.1, 0.15) is 11.7 Å². The van der Waals surface area contributed by atoms with Crippen molar-refractivity contribution in [2.45, 2.75) is 12.7 Å². The zero-order valence-electron chi connectivity index (χ0n) is 11.6. The maximum Gasteiger partial charge on any atom is 0.234 e. The Balaban J connectivity index is 1.53. The number of nitrogens with zero attached hydrogens (tertiary/aromatic N) is 2. The smallest absolute Gasteiger partial charge is 0.234 e. The molecule has 0 bridgehead atoms. The molecule has 0 saturated heterocycles. The molecule has 1 aromatic carbocycles. The van der Waals surface area contributed by atoms with Crippen LogP contribution in [0.2, 0.25) is 5.02 Å². The molecule has 1 N–H and O–H groups in total. The number of anilines is 1. The van der Waals surface area contributed by atoms with Crippen molar-refractivity contribution < 1.29 is 18.8 Å². The average Bonchev–Trinajstić information content (AvgIpc) is 3.08. The van der Waals surface area contributed by atoms with Crippen LogP contribution in [0.4, 0.5) is 5.69 Å². The number of amides is 1. The topological polar surface area (TPSA) is 86.5 Å². The third-order valence-corrected chi connectivity index (χ3v) is 4.01. The first-order chi connectivity index (χ1) is 10.6. The second kappa shape index (κ2) is 6.45. The van der Waals surface area contributed by atoms with Gasteiger partial charge in [0.15, 0.2) is 17.3 Å². The molecule has 1 amide bonds. The Kier molecular flexibility index (Phi) is 4.39. The number of halogens is 1. The van der Waals surface area contributed by atoms with E-state index in [1.807, 2.05) is 0 Å². The Morgan fingerprint density at radius 3 is 2.91 bits per heavy atom. The Morgan fingerprint density at radius 2 is 2.18 bits per heavy atom. The van der Waals surface area contributed by atoms with Gasteiger partial charge in [0.05, 0.1) is 22.2 Å². The fourth-order valence-electron chi connectivity index (χ4n) is 1.83. The van der Waals surface area contributed by atoms with Gasteiger partial charge in [-0.15, -0.1) is 11.8 Å². The van der Waals surface area contributed by atoms with Gasteiger partial charge in [0.1, 0.15) is 0 Å². The third kappa shape index (κ3) is 3.45. The normalized spacial score (nSPS) is 12.5. The lowest BCUT2D eigenvalue weighted by atomic mass is 10.2. The summed E-state index contributed by atoms with van der Waals surface area (Å²) in [4.78, 5) is 16.0. The van der Waals surface area contributed by atoms with E-state index in [-0.39, 0.29) is 18.5 Å². The predicted molar refractivity (Wildman–Crippen MR) is 81.4 cm³/mol. The summed E-state index contributed by atoms with van der Waals surface area (Å²) < 4.78 is 15.3. The molecule has 0 radical (unpaired) electrons. The van der Waals surface area contributed by atoms with Gasteiger partial charge in [-0.05, 0) is 0 Å². The number of ether oxygens (including phenoxy) is 2. The summed E-state index contributed by atoms with van der Waals surface area (Å²) in [5.74, 6) is 2.78. The summed E-state index contributed by atoms with van der Waals surface area (Å²) in [6, 6.07) is 3.27. The van der Waals surface area contributed by atoms with Gasteiger partial charge in [-0.2, -0.15) is 4.98 Å². The molecule has 116 valence electrons. The minimum Gasteiger partial charge on any atom is -0.454 e. The van der Waals surface area contributed by atoms with E-state index < -0.39 is 0 Å². The van der Waals surface area contributed by atoms with Gasteiger partial charge >= 0.3 is 0 Å². The van der Waals surface area contributed by atoms with Crippen LogP contribution in [-0.4, -0.2) is 28.6 Å². The van der Waals surface area contributed by atoms with Crippen LogP contribution in [0.25, 0.3) is 0 Å². The fourth-order valence-corrected chi connectivity index (χ4v) is 2.69. The number of hydrogen-bond acceptors (Lipinski definition) is 7. The zero-order valence-corrected chi connectivity index (χ0v) is 13.2. The van der Waals surface area contributed by atoms with Gasteiger partial charge in [0, 0.05) is 19.1 Å². The van der Waals surface area contributed by atoms with Crippen molar-refractivity contribution in [2.75, 3.05) is 17.9 Å². The molecule has 0 aliphatic carbocycles. The second-order valence-electron chi connectivity index (χ2n) is 4.46. The van der Waals surface area contributed by atoms with Crippen molar-refractivity contribution in [3.05, 3.63) is 28.9 Å². The minimum absolute atomic E-state index is 0.156. The monoisotopic (exact) mass is 341 g/mol. The first-order valence-corrected chi connectivity index (χ1v) is 7.91. The number of aromatic nitrogens is 2. The Morgan fingerprint density at radius 1 is 1.41 bits per heavy atom. The minimum atomic E-state index is -0.175. The van der Waals surface area contributed by atoms with Gasteiger partial charge in [-0.25, -0.2) is 0 Å². The second-order valence-corrected chi connectivity index (χ2v) is 5.85. The van der Waals surface area contributed by atoms with Gasteiger partial charge in [0.25, 0.3) is 0 Å². The quantitative estimate of drug-likeness (QED) is 0.894. The van der Waals surface area contributed by atoms with Gasteiger partial charge in [-0.1, -0.05) is 16.8 Å². The van der Waals surface area contributed by atoms with Crippen molar-refractivity contribution >= 4 is 35.0 Å². The molecule has 9 heteroatoms. The highest BCUT2D eigenvalue weighted by atomic mass is 35.5. The number of carbonyl (C=O) groups is 1. The summed E-state index contributed by atoms with van der Waals surface area (Å²) in [5, 5.41) is 6.90. The van der Waals surface area contributed by atoms with Crippen LogP contribution in [0.15, 0.2) is 16.7 Å². The maximum atomic E-state index is 11.9. The number of thioether (sulfide) groups is 1. The molecule has 1 aliphatic heterocycles. The van der Waals surface area contributed by atoms with E-state index >= 15 is 0 Å². The number of nitrogens with one attached hydrogen (secondary N) is 1. The molecule has 1 aliphatic rings. The van der Waals surface area contributed by atoms with Crippen molar-refractivity contribution in [2.24, 2.45) is 0 Å². The van der Waals surface area contributed by atoms with Crippen LogP contribution in [0.5, 0.6) is 11.5 Å². The SMILES string of the molecule is Cc1nc(CSCC(=O)Nc2cc3c(cc2Cl)OCO3)no1. The summed E-state index contributed by atoms with van der Waals surface area (Å²) in [6.45, 7) is 1.87. The number of benzene rings is 1. The molecule has 0 saturated carbocycles. The van der Waals surface area contributed by atoms with Gasteiger partial charge < -0.3 is 19.3 Å². The molecule has 0 spiro atoms. The van der Waals surface area contributed by atoms with Crippen molar-refractivity contribution in [3.8, 4) is 11.5 Å². The van der Waals surface area contributed by atoms with Crippen LogP contribution in [0, 0.1) is 6.92 Å². The lowest BCUT2D eigenvalue weighted by Crippen LogP contribution is -2.14. The lowest BCUT2D eigenvalue weighted by Gasteiger charge is -2.08. The summed E-state index contributed by atoms with van der Waals surface area (Å²) in [5.41, 5.74) is 0.493. The maximum absolute atomic E-state index is 11.9. The summed E-state index contributed by atoms with van der Waals surface area (Å²) in [7, 11) is 0. The number of hydrogen-bond donors (Lipinski definition) is 1. The first kappa shape index (κ1) is 15.0. The predicted octanol–water partition coefficient (Wildman–Crippen LogP) is 2.63. The van der Waals surface area contributed by atoms with Crippen LogP contribution >= 0.6 is 23.4 Å². The molecule has 3 rings (SSSR count). The number of rotatable bonds is 5. The summed E-state index contributed by atoms with van der Waals surface area (Å²) in [6.07, 6.45) is 0. The highest BCUT2D eigenvalue weighted by Gasteiger charge is 2.17.